The van der Waals surface area contributed by atoms with Gasteiger partial charge >= 0.3 is 5.97 Å². The second-order valence-electron chi connectivity index (χ2n) is 6.55. The van der Waals surface area contributed by atoms with Crippen molar-refractivity contribution < 1.29 is 19.7 Å². The van der Waals surface area contributed by atoms with Gasteiger partial charge in [-0.3, -0.25) is 0 Å². The number of anilines is 1. The standard InChI is InChI=1S/C20H23N3O4S/c1-5-27-20(26)17-10(2)15-18(22-12(4)23-19(15)28-17)21-11(3)16(25)13-6-8-14(24)9-7-13/h6-9,11,16,24-25H,5H2,1-4H3,(H,21,22,23)/t11-,16+/m0/s1. The molecule has 8 heteroatoms. The quantitative estimate of drug-likeness (QED) is 0.541. The number of rotatable bonds is 6. The highest BCUT2D eigenvalue weighted by Gasteiger charge is 2.23. The molecule has 0 amide bonds. The molecule has 0 aliphatic heterocycles. The van der Waals surface area contributed by atoms with Gasteiger partial charge in [-0.25, -0.2) is 14.8 Å². The molecule has 0 saturated heterocycles. The molecule has 2 aromatic heterocycles. The summed E-state index contributed by atoms with van der Waals surface area (Å²) < 4.78 is 5.14. The van der Waals surface area contributed by atoms with E-state index in [4.69, 9.17) is 4.74 Å². The minimum atomic E-state index is -0.811. The Bertz CT molecular complexity index is 1000. The van der Waals surface area contributed by atoms with E-state index in [0.717, 1.165) is 10.9 Å². The zero-order chi connectivity index (χ0) is 20.4. The number of hydrogen-bond acceptors (Lipinski definition) is 8. The lowest BCUT2D eigenvalue weighted by atomic mass is 10.0. The van der Waals surface area contributed by atoms with Gasteiger partial charge in [-0.15, -0.1) is 11.3 Å². The minimum Gasteiger partial charge on any atom is -0.508 e. The first kappa shape index (κ1) is 20.0. The molecular formula is C20H23N3O4S. The maximum Gasteiger partial charge on any atom is 0.348 e. The van der Waals surface area contributed by atoms with Crippen LogP contribution in [0.1, 0.15) is 46.6 Å². The lowest BCUT2D eigenvalue weighted by Crippen LogP contribution is -2.25. The fraction of sp³-hybridized carbons (Fsp3) is 0.350. The van der Waals surface area contributed by atoms with E-state index < -0.39 is 6.10 Å². The second-order valence-corrected chi connectivity index (χ2v) is 7.54. The van der Waals surface area contributed by atoms with Crippen molar-refractivity contribution in [2.75, 3.05) is 11.9 Å². The van der Waals surface area contributed by atoms with E-state index >= 15 is 0 Å². The van der Waals surface area contributed by atoms with Gasteiger partial charge in [0.25, 0.3) is 0 Å². The number of aliphatic hydroxyl groups excluding tert-OH is 1. The van der Waals surface area contributed by atoms with Gasteiger partial charge in [0.05, 0.1) is 24.1 Å². The van der Waals surface area contributed by atoms with Crippen molar-refractivity contribution in [2.24, 2.45) is 0 Å². The maximum absolute atomic E-state index is 12.2. The monoisotopic (exact) mass is 401 g/mol. The van der Waals surface area contributed by atoms with Crippen molar-refractivity contribution in [1.82, 2.24) is 9.97 Å². The number of ether oxygens (including phenoxy) is 1. The minimum absolute atomic E-state index is 0.144. The molecule has 0 aliphatic carbocycles. The van der Waals surface area contributed by atoms with Gasteiger partial charge in [0.2, 0.25) is 0 Å². The van der Waals surface area contributed by atoms with Crippen molar-refractivity contribution in [3.63, 3.8) is 0 Å². The Kier molecular flexibility index (Phi) is 5.81. The summed E-state index contributed by atoms with van der Waals surface area (Å²) in [7, 11) is 0. The lowest BCUT2D eigenvalue weighted by molar-refractivity contribution is 0.0531. The van der Waals surface area contributed by atoms with Gasteiger partial charge in [0, 0.05) is 0 Å². The van der Waals surface area contributed by atoms with Crippen molar-refractivity contribution in [3.05, 3.63) is 46.1 Å². The van der Waals surface area contributed by atoms with Crippen molar-refractivity contribution >= 4 is 33.3 Å². The van der Waals surface area contributed by atoms with Gasteiger partial charge in [-0.05, 0) is 51.0 Å². The van der Waals surface area contributed by atoms with Crippen LogP contribution in [0.25, 0.3) is 10.2 Å². The average Bonchev–Trinajstić information content (AvgIpc) is 2.98. The molecule has 0 unspecified atom stereocenters. The molecule has 3 rings (SSSR count). The predicted molar refractivity (Wildman–Crippen MR) is 109 cm³/mol. The van der Waals surface area contributed by atoms with Crippen LogP contribution in [0.3, 0.4) is 0 Å². The van der Waals surface area contributed by atoms with Crippen LogP contribution in [0.2, 0.25) is 0 Å². The molecule has 0 radical (unpaired) electrons. The van der Waals surface area contributed by atoms with Gasteiger partial charge in [0.15, 0.2) is 0 Å². The zero-order valence-electron chi connectivity index (χ0n) is 16.2. The first-order valence-electron chi connectivity index (χ1n) is 9.00. The number of aromatic nitrogens is 2. The molecule has 3 aromatic rings. The Morgan fingerprint density at radius 1 is 1.25 bits per heavy atom. The van der Waals surface area contributed by atoms with E-state index in [9.17, 15) is 15.0 Å². The Morgan fingerprint density at radius 3 is 2.57 bits per heavy atom. The molecule has 2 heterocycles. The van der Waals surface area contributed by atoms with Crippen LogP contribution in [0.15, 0.2) is 24.3 Å². The van der Waals surface area contributed by atoms with Gasteiger partial charge < -0.3 is 20.3 Å². The highest BCUT2D eigenvalue weighted by atomic mass is 32.1. The number of phenolic OH excluding ortho intramolecular Hbond substituents is 1. The number of carbonyl (C=O) groups excluding carboxylic acids is 1. The summed E-state index contributed by atoms with van der Waals surface area (Å²) in [5.41, 5.74) is 1.43. The molecule has 7 nitrogen and oxygen atoms in total. The fourth-order valence-corrected chi connectivity index (χ4v) is 4.12. The normalized spacial score (nSPS) is 13.3. The molecule has 0 fully saturated rings. The third-order valence-corrected chi connectivity index (χ3v) is 5.60. The van der Waals surface area contributed by atoms with Crippen LogP contribution in [0, 0.1) is 13.8 Å². The largest absolute Gasteiger partial charge is 0.508 e. The number of carbonyl (C=O) groups is 1. The van der Waals surface area contributed by atoms with E-state index in [1.165, 1.54) is 23.5 Å². The molecule has 2 atom stereocenters. The van der Waals surface area contributed by atoms with E-state index in [1.807, 2.05) is 13.8 Å². The molecular weight excluding hydrogens is 378 g/mol. The van der Waals surface area contributed by atoms with Crippen LogP contribution in [0.5, 0.6) is 5.75 Å². The Balaban J connectivity index is 1.95. The summed E-state index contributed by atoms with van der Waals surface area (Å²) in [6.45, 7) is 7.54. The van der Waals surface area contributed by atoms with Gasteiger partial charge in [-0.1, -0.05) is 12.1 Å². The number of nitrogens with one attached hydrogen (secondary N) is 1. The van der Waals surface area contributed by atoms with Crippen LogP contribution in [0.4, 0.5) is 5.82 Å². The molecule has 3 N–H and O–H groups in total. The smallest absolute Gasteiger partial charge is 0.348 e. The molecule has 0 bridgehead atoms. The number of thiophene rings is 1. The fourth-order valence-electron chi connectivity index (χ4n) is 3.00. The van der Waals surface area contributed by atoms with Crippen molar-refractivity contribution in [1.29, 1.82) is 0 Å². The summed E-state index contributed by atoms with van der Waals surface area (Å²) in [6, 6.07) is 6.05. The van der Waals surface area contributed by atoms with Crippen LogP contribution >= 0.6 is 11.3 Å². The van der Waals surface area contributed by atoms with Crippen LogP contribution < -0.4 is 5.32 Å². The number of benzene rings is 1. The second kappa shape index (κ2) is 8.12. The topological polar surface area (TPSA) is 105 Å². The molecule has 148 valence electrons. The van der Waals surface area contributed by atoms with Gasteiger partial charge in [-0.2, -0.15) is 0 Å². The van der Waals surface area contributed by atoms with Crippen molar-refractivity contribution in [3.8, 4) is 5.75 Å². The Hall–Kier alpha value is -2.71. The summed E-state index contributed by atoms with van der Waals surface area (Å²) in [5.74, 6) is 0.906. The maximum atomic E-state index is 12.2. The first-order chi connectivity index (χ1) is 13.3. The third kappa shape index (κ3) is 3.93. The first-order valence-corrected chi connectivity index (χ1v) is 9.81. The van der Waals surface area contributed by atoms with Crippen LogP contribution in [-0.2, 0) is 4.74 Å². The number of phenols is 1. The highest BCUT2D eigenvalue weighted by Crippen LogP contribution is 2.35. The van der Waals surface area contributed by atoms with E-state index in [-0.39, 0.29) is 17.8 Å². The Morgan fingerprint density at radius 2 is 1.93 bits per heavy atom. The summed E-state index contributed by atoms with van der Waals surface area (Å²) in [4.78, 5) is 22.4. The predicted octanol–water partition coefficient (Wildman–Crippen LogP) is 3.72. The van der Waals surface area contributed by atoms with E-state index in [0.29, 0.717) is 33.5 Å². The number of aromatic hydroxyl groups is 1. The number of hydrogen-bond donors (Lipinski definition) is 3. The average molecular weight is 401 g/mol. The zero-order valence-corrected chi connectivity index (χ0v) is 17.0. The summed E-state index contributed by atoms with van der Waals surface area (Å²) in [5, 5.41) is 24.1. The summed E-state index contributed by atoms with van der Waals surface area (Å²) >= 11 is 1.28. The molecule has 1 aromatic carbocycles. The van der Waals surface area contributed by atoms with E-state index in [1.54, 1.807) is 26.0 Å². The number of esters is 1. The molecule has 0 aliphatic rings. The molecule has 28 heavy (non-hydrogen) atoms. The lowest BCUT2D eigenvalue weighted by Gasteiger charge is -2.22. The molecule has 0 spiro atoms. The SMILES string of the molecule is CCOC(=O)c1sc2nc(C)nc(N[C@@H](C)[C@@H](O)c3ccc(O)cc3)c2c1C. The van der Waals surface area contributed by atoms with Crippen LogP contribution in [-0.4, -0.2) is 38.8 Å². The highest BCUT2D eigenvalue weighted by molar-refractivity contribution is 7.20. The third-order valence-electron chi connectivity index (χ3n) is 4.44. The number of aliphatic hydroxyl groups is 1. The van der Waals surface area contributed by atoms with E-state index in [2.05, 4.69) is 15.3 Å². The van der Waals surface area contributed by atoms with Crippen molar-refractivity contribution in [2.45, 2.75) is 39.8 Å². The van der Waals surface area contributed by atoms with Gasteiger partial charge in [0.1, 0.15) is 27.1 Å². The number of aryl methyl sites for hydroxylation is 2. The summed E-state index contributed by atoms with van der Waals surface area (Å²) in [6.07, 6.45) is -0.811. The number of nitrogens with zero attached hydrogens (tertiary/aromatic N) is 2. The Labute approximate surface area is 167 Å². The number of fused-ring (bicyclic) bond motifs is 1. The molecule has 0 saturated carbocycles.